The number of methoxy groups -OCH3 is 2. The summed E-state index contributed by atoms with van der Waals surface area (Å²) in [5, 5.41) is 2.50. The minimum Gasteiger partial charge on any atom is -0.487 e. The predicted octanol–water partition coefficient (Wildman–Crippen LogP) is 4.71. The summed E-state index contributed by atoms with van der Waals surface area (Å²) in [4.78, 5) is 33.1. The third-order valence-electron chi connectivity index (χ3n) is 5.52. The van der Waals surface area contributed by atoms with Crippen LogP contribution in [0.15, 0.2) is 54.9 Å². The second-order valence-electron chi connectivity index (χ2n) is 8.33. The van der Waals surface area contributed by atoms with Gasteiger partial charge in [-0.2, -0.15) is 0 Å². The van der Waals surface area contributed by atoms with Crippen LogP contribution in [0, 0.1) is 17.5 Å². The Morgan fingerprint density at radius 1 is 0.805 bits per heavy atom. The molecule has 13 heteroatoms. The fourth-order valence-electron chi connectivity index (χ4n) is 3.59. The molecular formula is C28H24F3N3O7. The molecule has 0 atom stereocenters. The van der Waals surface area contributed by atoms with Gasteiger partial charge in [-0.3, -0.25) is 9.59 Å². The molecule has 0 unspecified atom stereocenters. The lowest BCUT2D eigenvalue weighted by molar-refractivity contribution is -0.112. The third kappa shape index (κ3) is 7.26. The summed E-state index contributed by atoms with van der Waals surface area (Å²) in [5.41, 5.74) is -0.637. The first kappa shape index (κ1) is 29.2. The quantitative estimate of drug-likeness (QED) is 0.138. The lowest BCUT2D eigenvalue weighted by Crippen LogP contribution is -2.25. The lowest BCUT2D eigenvalue weighted by Gasteiger charge is -2.15. The van der Waals surface area contributed by atoms with E-state index in [-0.39, 0.29) is 30.5 Å². The van der Waals surface area contributed by atoms with E-state index in [1.165, 1.54) is 32.7 Å². The van der Waals surface area contributed by atoms with Crippen LogP contribution >= 0.6 is 0 Å². The van der Waals surface area contributed by atoms with Crippen LogP contribution in [0.1, 0.15) is 10.4 Å². The highest BCUT2D eigenvalue weighted by Gasteiger charge is 2.26. The Bertz CT molecular complexity index is 1530. The number of nitrogens with one attached hydrogen (secondary N) is 1. The van der Waals surface area contributed by atoms with Crippen molar-refractivity contribution in [3.05, 3.63) is 77.9 Å². The van der Waals surface area contributed by atoms with Crippen molar-refractivity contribution < 1.29 is 46.4 Å². The van der Waals surface area contributed by atoms with Gasteiger partial charge in [-0.05, 0) is 30.3 Å². The van der Waals surface area contributed by atoms with E-state index in [2.05, 4.69) is 15.3 Å². The highest BCUT2D eigenvalue weighted by Crippen LogP contribution is 2.36. The standard InChI is InChI=1S/C28H24F3N3O7/c1-37-7-9-39-23-13-19-22(14-24(23)40-10-8-38-2)32-15-33-28(19)41-18-11-20(30)25(21(31)12-18)26(35)27(36)34-17-5-3-16(29)4-6-17/h3-6,11-15H,7-10H2,1-2H3,(H,34,36). The molecule has 3 aromatic carbocycles. The van der Waals surface area contributed by atoms with Gasteiger partial charge in [0.1, 0.15) is 42.7 Å². The van der Waals surface area contributed by atoms with Gasteiger partial charge in [0.25, 0.3) is 11.7 Å². The number of fused-ring (bicyclic) bond motifs is 1. The fourth-order valence-corrected chi connectivity index (χ4v) is 3.59. The minimum atomic E-state index is -1.47. The molecule has 1 aromatic heterocycles. The molecule has 4 aromatic rings. The predicted molar refractivity (Wildman–Crippen MR) is 140 cm³/mol. The van der Waals surface area contributed by atoms with Crippen LogP contribution in [0.5, 0.6) is 23.1 Å². The van der Waals surface area contributed by atoms with Gasteiger partial charge < -0.3 is 29.0 Å². The maximum atomic E-state index is 14.9. The van der Waals surface area contributed by atoms with Gasteiger partial charge in [-0.25, -0.2) is 23.1 Å². The molecule has 0 aliphatic rings. The number of hydrogen-bond acceptors (Lipinski definition) is 9. The summed E-state index contributed by atoms with van der Waals surface area (Å²) >= 11 is 0. The van der Waals surface area contributed by atoms with Crippen LogP contribution in [0.4, 0.5) is 18.9 Å². The van der Waals surface area contributed by atoms with Crippen LogP contribution in [0.3, 0.4) is 0 Å². The molecule has 0 saturated carbocycles. The molecule has 41 heavy (non-hydrogen) atoms. The SMILES string of the molecule is COCCOc1cc2ncnc(Oc3cc(F)c(C(=O)C(=O)Nc4ccc(F)cc4)c(F)c3)c2cc1OCCOC. The molecule has 1 heterocycles. The van der Waals surface area contributed by atoms with Crippen molar-refractivity contribution in [3.8, 4) is 23.1 Å². The molecule has 0 aliphatic heterocycles. The number of rotatable bonds is 13. The summed E-state index contributed by atoms with van der Waals surface area (Å²) in [7, 11) is 3.06. The summed E-state index contributed by atoms with van der Waals surface area (Å²) in [6.07, 6.45) is 1.19. The summed E-state index contributed by atoms with van der Waals surface area (Å²) in [6, 6.07) is 9.11. The zero-order valence-corrected chi connectivity index (χ0v) is 21.9. The van der Waals surface area contributed by atoms with Crippen LogP contribution in [0.25, 0.3) is 10.9 Å². The van der Waals surface area contributed by atoms with Gasteiger partial charge in [0, 0.05) is 38.1 Å². The molecule has 4 rings (SSSR count). The van der Waals surface area contributed by atoms with E-state index in [0.717, 1.165) is 24.3 Å². The molecule has 0 saturated heterocycles. The van der Waals surface area contributed by atoms with Crippen molar-refractivity contribution in [1.82, 2.24) is 9.97 Å². The monoisotopic (exact) mass is 571 g/mol. The topological polar surface area (TPSA) is 118 Å². The zero-order valence-electron chi connectivity index (χ0n) is 21.9. The Kier molecular flexibility index (Phi) is 9.66. The summed E-state index contributed by atoms with van der Waals surface area (Å²) in [6.45, 7) is 1.07. The van der Waals surface area contributed by atoms with Crippen molar-refractivity contribution in [2.24, 2.45) is 0 Å². The number of halogens is 3. The second-order valence-corrected chi connectivity index (χ2v) is 8.33. The molecule has 1 amide bonds. The Morgan fingerprint density at radius 2 is 1.41 bits per heavy atom. The van der Waals surface area contributed by atoms with Gasteiger partial charge in [0.15, 0.2) is 11.5 Å². The maximum absolute atomic E-state index is 14.9. The van der Waals surface area contributed by atoms with Gasteiger partial charge in [0.2, 0.25) is 5.88 Å². The first-order valence-electron chi connectivity index (χ1n) is 12.1. The number of carbonyl (C=O) groups excluding carboxylic acids is 2. The first-order valence-corrected chi connectivity index (χ1v) is 12.1. The number of nitrogens with zero attached hydrogens (tertiary/aromatic N) is 2. The Balaban J connectivity index is 1.59. The van der Waals surface area contributed by atoms with E-state index in [0.29, 0.717) is 35.6 Å². The first-order chi connectivity index (χ1) is 19.8. The number of benzene rings is 3. The molecule has 0 aliphatic carbocycles. The number of ketones is 1. The lowest BCUT2D eigenvalue weighted by atomic mass is 10.1. The fraction of sp³-hybridized carbons (Fsp3) is 0.214. The number of ether oxygens (including phenoxy) is 5. The number of hydrogen-bond donors (Lipinski definition) is 1. The Labute approximate surface area is 232 Å². The van der Waals surface area contributed by atoms with Crippen LogP contribution in [-0.2, 0) is 14.3 Å². The van der Waals surface area contributed by atoms with Crippen molar-refractivity contribution in [2.45, 2.75) is 0 Å². The molecular weight excluding hydrogens is 547 g/mol. The van der Waals surface area contributed by atoms with E-state index < -0.39 is 34.7 Å². The van der Waals surface area contributed by atoms with E-state index in [1.54, 1.807) is 12.1 Å². The average Bonchev–Trinajstić information content (AvgIpc) is 2.94. The van der Waals surface area contributed by atoms with Gasteiger partial charge in [-0.15, -0.1) is 0 Å². The highest BCUT2D eigenvalue weighted by molar-refractivity contribution is 6.46. The smallest absolute Gasteiger partial charge is 0.296 e. The zero-order chi connectivity index (χ0) is 29.4. The Morgan fingerprint density at radius 3 is 2.02 bits per heavy atom. The molecule has 0 radical (unpaired) electrons. The molecule has 1 N–H and O–H groups in total. The van der Waals surface area contributed by atoms with Gasteiger partial charge in [-0.1, -0.05) is 0 Å². The number of Topliss-reactive ketones (excluding diaryl/α,β-unsaturated/α-hetero) is 1. The average molecular weight is 572 g/mol. The number of carbonyl (C=O) groups is 2. The molecule has 10 nitrogen and oxygen atoms in total. The van der Waals surface area contributed by atoms with Crippen molar-refractivity contribution >= 4 is 28.3 Å². The van der Waals surface area contributed by atoms with Gasteiger partial charge >= 0.3 is 0 Å². The van der Waals surface area contributed by atoms with Crippen molar-refractivity contribution in [1.29, 1.82) is 0 Å². The van der Waals surface area contributed by atoms with E-state index >= 15 is 0 Å². The molecule has 214 valence electrons. The van der Waals surface area contributed by atoms with Crippen LogP contribution < -0.4 is 19.5 Å². The minimum absolute atomic E-state index is 0.0676. The molecule has 0 spiro atoms. The second kappa shape index (κ2) is 13.5. The van der Waals surface area contributed by atoms with E-state index in [9.17, 15) is 22.8 Å². The Hall–Kier alpha value is -4.75. The van der Waals surface area contributed by atoms with E-state index in [4.69, 9.17) is 23.7 Å². The van der Waals surface area contributed by atoms with Crippen molar-refractivity contribution in [3.63, 3.8) is 0 Å². The number of anilines is 1. The van der Waals surface area contributed by atoms with Crippen LogP contribution in [-0.4, -0.2) is 62.3 Å². The summed E-state index contributed by atoms with van der Waals surface area (Å²) in [5.74, 6) is -5.74. The molecule has 0 fully saturated rings. The summed E-state index contributed by atoms with van der Waals surface area (Å²) < 4.78 is 70.1. The van der Waals surface area contributed by atoms with Gasteiger partial charge in [0.05, 0.1) is 29.7 Å². The number of aromatic nitrogens is 2. The largest absolute Gasteiger partial charge is 0.487 e. The van der Waals surface area contributed by atoms with Crippen molar-refractivity contribution in [2.75, 3.05) is 46.0 Å². The third-order valence-corrected chi connectivity index (χ3v) is 5.52. The maximum Gasteiger partial charge on any atom is 0.296 e. The molecule has 0 bridgehead atoms. The van der Waals surface area contributed by atoms with Crippen LogP contribution in [0.2, 0.25) is 0 Å². The highest BCUT2D eigenvalue weighted by atomic mass is 19.1. The normalized spacial score (nSPS) is 10.9. The van der Waals surface area contributed by atoms with E-state index in [1.807, 2.05) is 0 Å². The number of amides is 1.